The Bertz CT molecular complexity index is 565. The number of aliphatic carboxylic acids is 1. The van der Waals surface area contributed by atoms with Crippen LogP contribution in [0.15, 0.2) is 24.3 Å². The fourth-order valence-corrected chi connectivity index (χ4v) is 1.79. The Morgan fingerprint density at radius 2 is 2.00 bits per heavy atom. The number of rotatable bonds is 6. The molecule has 2 unspecified atom stereocenters. The highest BCUT2D eigenvalue weighted by Gasteiger charge is 2.23. The van der Waals surface area contributed by atoms with Crippen LogP contribution in [0.1, 0.15) is 19.4 Å². The van der Waals surface area contributed by atoms with Crippen LogP contribution in [0.5, 0.6) is 5.75 Å². The van der Waals surface area contributed by atoms with Crippen molar-refractivity contribution in [3.8, 4) is 11.8 Å². The van der Waals surface area contributed by atoms with E-state index in [2.05, 4.69) is 0 Å². The smallest absolute Gasteiger partial charge is 0.308 e. The highest BCUT2D eigenvalue weighted by atomic mass is 16.5. The number of carboxylic acid groups (broad SMARTS) is 1. The average Bonchev–Trinajstić information content (AvgIpc) is 2.46. The van der Waals surface area contributed by atoms with E-state index in [1.807, 2.05) is 6.07 Å². The summed E-state index contributed by atoms with van der Waals surface area (Å²) >= 11 is 0. The quantitative estimate of drug-likeness (QED) is 0.857. The highest BCUT2D eigenvalue weighted by Crippen LogP contribution is 2.18. The van der Waals surface area contributed by atoms with Crippen LogP contribution in [0.25, 0.3) is 0 Å². The number of hydrogen-bond acceptors (Lipinski definition) is 4. The van der Waals surface area contributed by atoms with Gasteiger partial charge in [0.1, 0.15) is 11.8 Å². The van der Waals surface area contributed by atoms with Crippen LogP contribution in [-0.4, -0.2) is 41.6 Å². The van der Waals surface area contributed by atoms with E-state index in [0.717, 1.165) is 0 Å². The highest BCUT2D eigenvalue weighted by molar-refractivity contribution is 5.81. The van der Waals surface area contributed by atoms with Crippen molar-refractivity contribution < 1.29 is 19.4 Å². The molecular weight excluding hydrogens is 272 g/mol. The van der Waals surface area contributed by atoms with Gasteiger partial charge in [0.25, 0.3) is 5.91 Å². The van der Waals surface area contributed by atoms with Crippen LogP contribution in [0.3, 0.4) is 0 Å². The predicted octanol–water partition coefficient (Wildman–Crippen LogP) is 1.50. The third kappa shape index (κ3) is 4.49. The molecule has 0 radical (unpaired) electrons. The topological polar surface area (TPSA) is 90.6 Å². The maximum Gasteiger partial charge on any atom is 0.308 e. The molecule has 0 saturated heterocycles. The first kappa shape index (κ1) is 16.5. The number of benzene rings is 1. The lowest BCUT2D eigenvalue weighted by atomic mass is 10.1. The molecule has 1 aromatic rings. The van der Waals surface area contributed by atoms with Crippen molar-refractivity contribution in [2.75, 3.05) is 13.6 Å². The lowest BCUT2D eigenvalue weighted by Crippen LogP contribution is -2.41. The zero-order valence-electron chi connectivity index (χ0n) is 12.2. The molecule has 0 spiro atoms. The SMILES string of the molecule is CC(CN(C)C(=O)C(C)Oc1ccccc1C#N)C(=O)O. The van der Waals surface area contributed by atoms with Crippen molar-refractivity contribution in [3.05, 3.63) is 29.8 Å². The van der Waals surface area contributed by atoms with Gasteiger partial charge in [0.05, 0.1) is 11.5 Å². The predicted molar refractivity (Wildman–Crippen MR) is 75.7 cm³/mol. The van der Waals surface area contributed by atoms with E-state index in [0.29, 0.717) is 11.3 Å². The van der Waals surface area contributed by atoms with Crippen molar-refractivity contribution in [1.82, 2.24) is 4.90 Å². The fourth-order valence-electron chi connectivity index (χ4n) is 1.79. The van der Waals surface area contributed by atoms with E-state index in [4.69, 9.17) is 15.1 Å². The van der Waals surface area contributed by atoms with Gasteiger partial charge < -0.3 is 14.7 Å². The molecule has 0 bridgehead atoms. The molecule has 0 aliphatic heterocycles. The first-order chi connectivity index (χ1) is 9.86. The molecule has 6 nitrogen and oxygen atoms in total. The minimum Gasteiger partial charge on any atom is -0.481 e. The van der Waals surface area contributed by atoms with Gasteiger partial charge in [-0.25, -0.2) is 0 Å². The monoisotopic (exact) mass is 290 g/mol. The lowest BCUT2D eigenvalue weighted by Gasteiger charge is -2.23. The number of carbonyl (C=O) groups is 2. The first-order valence-electron chi connectivity index (χ1n) is 6.50. The van der Waals surface area contributed by atoms with Gasteiger partial charge in [-0.1, -0.05) is 19.1 Å². The van der Waals surface area contributed by atoms with Gasteiger partial charge in [-0.05, 0) is 19.1 Å². The molecular formula is C15H18N2O4. The minimum atomic E-state index is -0.960. The summed E-state index contributed by atoms with van der Waals surface area (Å²) in [6, 6.07) is 8.62. The number of carboxylic acids is 1. The van der Waals surface area contributed by atoms with Gasteiger partial charge >= 0.3 is 5.97 Å². The number of hydrogen-bond donors (Lipinski definition) is 1. The summed E-state index contributed by atoms with van der Waals surface area (Å²) in [4.78, 5) is 24.2. The Morgan fingerprint density at radius 1 is 1.38 bits per heavy atom. The second-order valence-corrected chi connectivity index (χ2v) is 4.83. The van der Waals surface area contributed by atoms with Gasteiger partial charge in [0, 0.05) is 13.6 Å². The number of nitrogens with zero attached hydrogens (tertiary/aromatic N) is 2. The second-order valence-electron chi connectivity index (χ2n) is 4.83. The summed E-state index contributed by atoms with van der Waals surface area (Å²) in [5, 5.41) is 17.8. The fraction of sp³-hybridized carbons (Fsp3) is 0.400. The van der Waals surface area contributed by atoms with E-state index in [1.54, 1.807) is 31.2 Å². The molecule has 112 valence electrons. The number of carbonyl (C=O) groups excluding carboxylic acids is 1. The zero-order valence-corrected chi connectivity index (χ0v) is 12.2. The van der Waals surface area contributed by atoms with Gasteiger partial charge in [0.2, 0.25) is 0 Å². The minimum absolute atomic E-state index is 0.0990. The normalized spacial score (nSPS) is 12.9. The van der Waals surface area contributed by atoms with Crippen LogP contribution < -0.4 is 4.74 Å². The van der Waals surface area contributed by atoms with E-state index in [1.165, 1.54) is 18.9 Å². The van der Waals surface area contributed by atoms with E-state index < -0.39 is 18.0 Å². The molecule has 0 aromatic heterocycles. The lowest BCUT2D eigenvalue weighted by molar-refractivity contribution is -0.144. The zero-order chi connectivity index (χ0) is 16.0. The number of ether oxygens (including phenoxy) is 1. The molecule has 0 saturated carbocycles. The Labute approximate surface area is 123 Å². The van der Waals surface area contributed by atoms with Gasteiger partial charge in [-0.15, -0.1) is 0 Å². The maximum absolute atomic E-state index is 12.1. The van der Waals surface area contributed by atoms with E-state index >= 15 is 0 Å². The summed E-state index contributed by atoms with van der Waals surface area (Å²) < 4.78 is 5.50. The number of para-hydroxylation sites is 1. The van der Waals surface area contributed by atoms with Crippen LogP contribution >= 0.6 is 0 Å². The summed E-state index contributed by atoms with van der Waals surface area (Å²) in [6.45, 7) is 3.20. The molecule has 1 amide bonds. The summed E-state index contributed by atoms with van der Waals surface area (Å²) in [7, 11) is 1.53. The molecule has 1 rings (SSSR count). The number of likely N-dealkylation sites (N-methyl/N-ethyl adjacent to an activating group) is 1. The molecule has 0 aliphatic rings. The third-order valence-electron chi connectivity index (χ3n) is 3.00. The molecule has 2 atom stereocenters. The van der Waals surface area contributed by atoms with Crippen LogP contribution in [-0.2, 0) is 9.59 Å². The van der Waals surface area contributed by atoms with Crippen molar-refractivity contribution >= 4 is 11.9 Å². The average molecular weight is 290 g/mol. The summed E-state index contributed by atoms with van der Waals surface area (Å²) in [5.41, 5.74) is 0.346. The van der Waals surface area contributed by atoms with Crippen LogP contribution in [0, 0.1) is 17.2 Å². The summed E-state index contributed by atoms with van der Waals surface area (Å²) in [5.74, 6) is -1.62. The molecule has 0 fully saturated rings. The number of amides is 1. The molecule has 6 heteroatoms. The van der Waals surface area contributed by atoms with Crippen molar-refractivity contribution in [1.29, 1.82) is 5.26 Å². The van der Waals surface area contributed by atoms with E-state index in [-0.39, 0.29) is 12.5 Å². The van der Waals surface area contributed by atoms with Gasteiger partial charge in [-0.3, -0.25) is 9.59 Å². The molecule has 0 heterocycles. The van der Waals surface area contributed by atoms with Gasteiger partial charge in [0.15, 0.2) is 6.10 Å². The molecule has 0 aliphatic carbocycles. The summed E-state index contributed by atoms with van der Waals surface area (Å²) in [6.07, 6.45) is -0.800. The van der Waals surface area contributed by atoms with Crippen molar-refractivity contribution in [3.63, 3.8) is 0 Å². The maximum atomic E-state index is 12.1. The van der Waals surface area contributed by atoms with Crippen molar-refractivity contribution in [2.45, 2.75) is 20.0 Å². The van der Waals surface area contributed by atoms with E-state index in [9.17, 15) is 9.59 Å². The standard InChI is InChI=1S/C15H18N2O4/c1-10(15(19)20)9-17(3)14(18)11(2)21-13-7-5-4-6-12(13)8-16/h4-7,10-11H,9H2,1-3H3,(H,19,20). The molecule has 1 aromatic carbocycles. The van der Waals surface area contributed by atoms with Crippen LogP contribution in [0.2, 0.25) is 0 Å². The third-order valence-corrected chi connectivity index (χ3v) is 3.00. The number of nitriles is 1. The second kappa shape index (κ2) is 7.29. The largest absolute Gasteiger partial charge is 0.481 e. The Kier molecular flexibility index (Phi) is 5.73. The van der Waals surface area contributed by atoms with Crippen molar-refractivity contribution in [2.24, 2.45) is 5.92 Å². The Morgan fingerprint density at radius 3 is 2.57 bits per heavy atom. The van der Waals surface area contributed by atoms with Crippen LogP contribution in [0.4, 0.5) is 0 Å². The Hall–Kier alpha value is -2.55. The molecule has 1 N–H and O–H groups in total. The Balaban J connectivity index is 2.71. The van der Waals surface area contributed by atoms with Gasteiger partial charge in [-0.2, -0.15) is 5.26 Å². The molecule has 21 heavy (non-hydrogen) atoms. The first-order valence-corrected chi connectivity index (χ1v) is 6.50.